The fraction of sp³-hybridized carbons (Fsp3) is 0.391. The van der Waals surface area contributed by atoms with Crippen molar-refractivity contribution in [2.75, 3.05) is 6.54 Å². The van der Waals surface area contributed by atoms with Gasteiger partial charge in [0.15, 0.2) is 0 Å². The number of benzene rings is 2. The second-order valence-electron chi connectivity index (χ2n) is 8.40. The van der Waals surface area contributed by atoms with Gasteiger partial charge in [-0.15, -0.1) is 0 Å². The monoisotopic (exact) mass is 413 g/mol. The lowest BCUT2D eigenvalue weighted by molar-refractivity contribution is 0.544. The van der Waals surface area contributed by atoms with Crippen molar-refractivity contribution >= 4 is 23.3 Å². The van der Waals surface area contributed by atoms with Crippen molar-refractivity contribution in [3.05, 3.63) is 72.3 Å². The number of hydrogen-bond acceptors (Lipinski definition) is 2. The number of aryl methyl sites for hydroxylation is 1. The summed E-state index contributed by atoms with van der Waals surface area (Å²) < 4.78 is 26.9. The minimum absolute atomic E-state index is 0.176. The molecule has 0 aliphatic carbocycles. The van der Waals surface area contributed by atoms with Crippen LogP contribution in [0, 0.1) is 6.92 Å². The highest BCUT2D eigenvalue weighted by Crippen LogP contribution is 2.31. The zero-order valence-corrected chi connectivity index (χ0v) is 19.0. The molecule has 1 aliphatic rings. The summed E-state index contributed by atoms with van der Waals surface area (Å²) in [6.45, 7) is 7.44. The van der Waals surface area contributed by atoms with Crippen molar-refractivity contribution in [2.24, 2.45) is 0 Å². The average Bonchev–Trinajstić information content (AvgIpc) is 3.46. The molecule has 5 heteroatoms. The van der Waals surface area contributed by atoms with Gasteiger partial charge in [-0.1, -0.05) is 78.5 Å². The van der Waals surface area contributed by atoms with Gasteiger partial charge < -0.3 is 0 Å². The summed E-state index contributed by atoms with van der Waals surface area (Å²) in [6.07, 6.45) is 7.60. The van der Waals surface area contributed by atoms with E-state index in [1.165, 1.54) is 5.19 Å². The summed E-state index contributed by atoms with van der Waals surface area (Å²) in [5, 5.41) is 1.49. The van der Waals surface area contributed by atoms with Crippen molar-refractivity contribution in [3.8, 4) is 0 Å². The van der Waals surface area contributed by atoms with Crippen molar-refractivity contribution in [1.82, 2.24) is 4.31 Å². The highest BCUT2D eigenvalue weighted by molar-refractivity contribution is 7.89. The minimum atomic E-state index is -3.31. The average molecular weight is 414 g/mol. The fourth-order valence-corrected chi connectivity index (χ4v) is 7.21. The number of rotatable bonds is 9. The van der Waals surface area contributed by atoms with E-state index in [1.54, 1.807) is 16.4 Å². The van der Waals surface area contributed by atoms with E-state index in [9.17, 15) is 8.42 Å². The minimum Gasteiger partial charge on any atom is -0.207 e. The lowest BCUT2D eigenvalue weighted by Gasteiger charge is -2.20. The Kier molecular flexibility index (Phi) is 6.58. The predicted octanol–water partition coefficient (Wildman–Crippen LogP) is 4.71. The molecule has 1 unspecified atom stereocenters. The Bertz CT molecular complexity index is 905. The van der Waals surface area contributed by atoms with Crippen LogP contribution in [0.3, 0.4) is 0 Å². The summed E-state index contributed by atoms with van der Waals surface area (Å²) in [4.78, 5) is 0.411. The summed E-state index contributed by atoms with van der Waals surface area (Å²) in [6, 6.07) is 19.3. The third-order valence-corrected chi connectivity index (χ3v) is 10.6. The summed E-state index contributed by atoms with van der Waals surface area (Å²) in [7, 11) is -4.71. The first-order valence-corrected chi connectivity index (χ1v) is 14.7. The maximum absolute atomic E-state index is 12.6. The van der Waals surface area contributed by atoms with Crippen LogP contribution in [0.5, 0.6) is 0 Å². The summed E-state index contributed by atoms with van der Waals surface area (Å²) in [5.74, 6) is 0. The van der Waals surface area contributed by atoms with Gasteiger partial charge in [0, 0.05) is 12.6 Å². The molecule has 0 aromatic heterocycles. The van der Waals surface area contributed by atoms with Gasteiger partial charge >= 0.3 is 0 Å². The summed E-state index contributed by atoms with van der Waals surface area (Å²) >= 11 is 0. The lowest BCUT2D eigenvalue weighted by atomic mass is 10.2. The maximum Gasteiger partial charge on any atom is 0.243 e. The molecule has 150 valence electrons. The van der Waals surface area contributed by atoms with Crippen molar-refractivity contribution in [3.63, 3.8) is 0 Å². The molecule has 1 saturated heterocycles. The number of unbranched alkanes of at least 4 members (excludes halogenated alkanes) is 1. The van der Waals surface area contributed by atoms with Gasteiger partial charge in [0.1, 0.15) is 0 Å². The lowest BCUT2D eigenvalue weighted by Crippen LogP contribution is -2.40. The van der Waals surface area contributed by atoms with E-state index in [1.807, 2.05) is 19.1 Å². The summed E-state index contributed by atoms with van der Waals surface area (Å²) in [5.41, 5.74) is 1.08. The van der Waals surface area contributed by atoms with Gasteiger partial charge in [0.25, 0.3) is 0 Å². The molecule has 0 radical (unpaired) electrons. The maximum atomic E-state index is 12.6. The van der Waals surface area contributed by atoms with Crippen LogP contribution in [0.25, 0.3) is 0 Å². The standard InChI is InChI=1S/C23H31NO2SSi/c1-20-14-16-22(17-15-20)27(25,26)24-19-21(24)11-7-4-5-10-18-28(2,3)23-12-8-6-9-13-23/h5-6,8-10,12-17,21H,4,7,11,18-19H2,1-3H3/b10-5+/t21-,24?/m1/s1. The molecule has 1 aliphatic heterocycles. The fourth-order valence-electron chi connectivity index (χ4n) is 3.51. The largest absolute Gasteiger partial charge is 0.243 e. The molecule has 3 nitrogen and oxygen atoms in total. The Labute approximate surface area is 171 Å². The Balaban J connectivity index is 1.41. The Morgan fingerprint density at radius 3 is 2.39 bits per heavy atom. The van der Waals surface area contributed by atoms with Crippen LogP contribution in [0.1, 0.15) is 24.8 Å². The van der Waals surface area contributed by atoms with Crippen LogP contribution >= 0.6 is 0 Å². The van der Waals surface area contributed by atoms with Gasteiger partial charge in [0.05, 0.1) is 13.0 Å². The second-order valence-corrected chi connectivity index (χ2v) is 15.0. The van der Waals surface area contributed by atoms with E-state index >= 15 is 0 Å². The topological polar surface area (TPSA) is 37.1 Å². The Morgan fingerprint density at radius 2 is 1.71 bits per heavy atom. The highest BCUT2D eigenvalue weighted by Gasteiger charge is 2.43. The van der Waals surface area contributed by atoms with Gasteiger partial charge in [-0.05, 0) is 44.4 Å². The van der Waals surface area contributed by atoms with E-state index in [0.29, 0.717) is 11.4 Å². The molecule has 2 aromatic carbocycles. The van der Waals surface area contributed by atoms with Crippen LogP contribution in [-0.4, -0.2) is 33.4 Å². The quantitative estimate of drug-likeness (QED) is 0.258. The van der Waals surface area contributed by atoms with Crippen LogP contribution in [0.2, 0.25) is 19.1 Å². The predicted molar refractivity (Wildman–Crippen MR) is 120 cm³/mol. The Morgan fingerprint density at radius 1 is 1.04 bits per heavy atom. The van der Waals surface area contributed by atoms with Gasteiger partial charge in [-0.3, -0.25) is 0 Å². The molecule has 0 bridgehead atoms. The van der Waals surface area contributed by atoms with E-state index in [2.05, 4.69) is 55.6 Å². The number of allylic oxidation sites excluding steroid dienone is 2. The molecule has 0 saturated carbocycles. The SMILES string of the molecule is Cc1ccc(S(=O)(=O)N2C[C@H]2CCC/C=C/C[Si](C)(C)c2ccccc2)cc1. The molecule has 1 heterocycles. The van der Waals surface area contributed by atoms with Gasteiger partial charge in [0.2, 0.25) is 10.0 Å². The van der Waals surface area contributed by atoms with Crippen molar-refractivity contribution in [1.29, 1.82) is 0 Å². The smallest absolute Gasteiger partial charge is 0.207 e. The van der Waals surface area contributed by atoms with Crippen LogP contribution in [-0.2, 0) is 10.0 Å². The van der Waals surface area contributed by atoms with Crippen LogP contribution in [0.4, 0.5) is 0 Å². The number of sulfonamides is 1. The molecular weight excluding hydrogens is 382 g/mol. The molecule has 3 rings (SSSR count). The van der Waals surface area contributed by atoms with E-state index < -0.39 is 18.1 Å². The first kappa shape index (κ1) is 21.0. The molecule has 28 heavy (non-hydrogen) atoms. The number of nitrogens with zero attached hydrogens (tertiary/aromatic N) is 1. The van der Waals surface area contributed by atoms with Gasteiger partial charge in [-0.25, -0.2) is 8.42 Å². The molecule has 2 atom stereocenters. The molecule has 0 spiro atoms. The normalized spacial score (nSPS) is 19.8. The number of hydrogen-bond donors (Lipinski definition) is 0. The first-order chi connectivity index (χ1) is 13.3. The third kappa shape index (κ3) is 5.22. The van der Waals surface area contributed by atoms with Crippen LogP contribution < -0.4 is 5.19 Å². The molecule has 0 amide bonds. The van der Waals surface area contributed by atoms with Crippen molar-refractivity contribution in [2.45, 2.75) is 56.3 Å². The van der Waals surface area contributed by atoms with E-state index in [0.717, 1.165) is 30.9 Å². The zero-order chi connectivity index (χ0) is 20.2. The Hall–Kier alpha value is -1.69. The molecule has 0 N–H and O–H groups in total. The molecule has 2 aromatic rings. The first-order valence-electron chi connectivity index (χ1n) is 10.1. The zero-order valence-electron chi connectivity index (χ0n) is 17.1. The molecular formula is C23H31NO2SSi. The molecule has 1 fully saturated rings. The van der Waals surface area contributed by atoms with E-state index in [-0.39, 0.29) is 6.04 Å². The second kappa shape index (κ2) is 8.76. The van der Waals surface area contributed by atoms with Gasteiger partial charge in [-0.2, -0.15) is 4.31 Å². The highest BCUT2D eigenvalue weighted by atomic mass is 32.2. The van der Waals surface area contributed by atoms with Crippen molar-refractivity contribution < 1.29 is 8.42 Å². The van der Waals surface area contributed by atoms with Crippen LogP contribution in [0.15, 0.2) is 71.6 Å². The third-order valence-electron chi connectivity index (χ3n) is 5.55. The van der Waals surface area contributed by atoms with E-state index in [4.69, 9.17) is 0 Å².